The predicted molar refractivity (Wildman–Crippen MR) is 122 cm³/mol. The number of aryl methyl sites for hydroxylation is 1. The minimum atomic E-state index is -3.13. The van der Waals surface area contributed by atoms with Gasteiger partial charge in [-0.2, -0.15) is 8.78 Å². The van der Waals surface area contributed by atoms with E-state index in [0.717, 1.165) is 12.8 Å². The fraction of sp³-hybridized carbons (Fsp3) is 0.320. The van der Waals surface area contributed by atoms with Crippen molar-refractivity contribution in [2.75, 3.05) is 6.61 Å². The number of carbonyl (C=O) groups is 1. The number of rotatable bonds is 10. The lowest BCUT2D eigenvalue weighted by molar-refractivity contribution is -0.431. The van der Waals surface area contributed by atoms with Crippen LogP contribution in [0.2, 0.25) is 0 Å². The van der Waals surface area contributed by atoms with Gasteiger partial charge in [0, 0.05) is 11.3 Å². The second-order valence-electron chi connectivity index (χ2n) is 7.86. The van der Waals surface area contributed by atoms with Gasteiger partial charge in [-0.05, 0) is 44.7 Å². The van der Waals surface area contributed by atoms with E-state index in [4.69, 9.17) is 4.74 Å². The lowest BCUT2D eigenvalue weighted by Gasteiger charge is -2.27. The van der Waals surface area contributed by atoms with E-state index in [1.807, 2.05) is 30.3 Å². The number of allylic oxidation sites excluding steroid dienone is 3. The van der Waals surface area contributed by atoms with E-state index < -0.39 is 23.4 Å². The van der Waals surface area contributed by atoms with Crippen LogP contribution in [0.1, 0.15) is 43.7 Å². The number of halogens is 2. The Bertz CT molecular complexity index is 1100. The molecule has 180 valence electrons. The lowest BCUT2D eigenvalue weighted by atomic mass is 9.83. The Morgan fingerprint density at radius 3 is 2.41 bits per heavy atom. The number of hydrogen-bond acceptors (Lipinski definition) is 6. The van der Waals surface area contributed by atoms with Crippen LogP contribution in [0.5, 0.6) is 5.75 Å². The van der Waals surface area contributed by atoms with Crippen LogP contribution >= 0.6 is 0 Å². The molecular weight excluding hydrogens is 446 g/mol. The Balaban J connectivity index is 1.82. The van der Waals surface area contributed by atoms with Crippen LogP contribution in [-0.2, 0) is 16.0 Å². The summed E-state index contributed by atoms with van der Waals surface area (Å²) < 4.78 is 36.1. The minimum Gasteiger partial charge on any atom is -0.462 e. The standard InChI is InChI=1S/C25H26F2N2O5/c1-16-21(24(30)33-15-9-8-12-18-10-4-3-5-11-18)22(23(29(31)32)17(2)28-16)19-13-6-7-14-20(19)34-25(26)27/h3-7,10-11,13-14,22,25,28H,8-9,12,15H2,1-2H3. The summed E-state index contributed by atoms with van der Waals surface area (Å²) >= 11 is 0. The molecule has 1 atom stereocenters. The average Bonchev–Trinajstić information content (AvgIpc) is 2.78. The number of nitrogens with zero attached hydrogens (tertiary/aromatic N) is 1. The highest BCUT2D eigenvalue weighted by Gasteiger charge is 2.42. The second kappa shape index (κ2) is 11.4. The number of carbonyl (C=O) groups excluding carboxylic acids is 1. The maximum atomic E-state index is 13.1. The van der Waals surface area contributed by atoms with Gasteiger partial charge in [-0.25, -0.2) is 4.79 Å². The number of esters is 1. The number of para-hydroxylation sites is 1. The number of alkyl halides is 2. The first-order chi connectivity index (χ1) is 16.3. The summed E-state index contributed by atoms with van der Waals surface area (Å²) in [5, 5.41) is 14.8. The number of unbranched alkanes of at least 4 members (excludes halogenated alkanes) is 1. The van der Waals surface area contributed by atoms with Crippen LogP contribution in [-0.4, -0.2) is 24.1 Å². The van der Waals surface area contributed by atoms with Crippen LogP contribution in [0.15, 0.2) is 77.3 Å². The third kappa shape index (κ3) is 5.98. The molecule has 1 aliphatic heterocycles. The Hall–Kier alpha value is -3.75. The molecule has 0 aromatic heterocycles. The normalized spacial score (nSPS) is 15.9. The minimum absolute atomic E-state index is 0.00863. The fourth-order valence-corrected chi connectivity index (χ4v) is 4.04. The van der Waals surface area contributed by atoms with Gasteiger partial charge in [-0.15, -0.1) is 0 Å². The zero-order valence-corrected chi connectivity index (χ0v) is 18.9. The largest absolute Gasteiger partial charge is 0.462 e. The highest BCUT2D eigenvalue weighted by atomic mass is 19.3. The van der Waals surface area contributed by atoms with Crippen LogP contribution in [0.25, 0.3) is 0 Å². The molecule has 2 aromatic rings. The number of nitro groups is 1. The summed E-state index contributed by atoms with van der Waals surface area (Å²) in [4.78, 5) is 24.4. The number of ether oxygens (including phenoxy) is 2. The molecule has 1 unspecified atom stereocenters. The molecule has 1 aliphatic rings. The third-order valence-corrected chi connectivity index (χ3v) is 5.52. The number of benzene rings is 2. The van der Waals surface area contributed by atoms with Crippen molar-refractivity contribution in [3.8, 4) is 5.75 Å². The number of hydrogen-bond donors (Lipinski definition) is 1. The zero-order valence-electron chi connectivity index (χ0n) is 18.9. The van der Waals surface area contributed by atoms with Crippen molar-refractivity contribution in [3.63, 3.8) is 0 Å². The van der Waals surface area contributed by atoms with E-state index >= 15 is 0 Å². The molecule has 0 fully saturated rings. The Morgan fingerprint density at radius 1 is 1.06 bits per heavy atom. The van der Waals surface area contributed by atoms with Crippen molar-refractivity contribution >= 4 is 5.97 Å². The maximum Gasteiger partial charge on any atom is 0.387 e. The van der Waals surface area contributed by atoms with E-state index in [9.17, 15) is 23.7 Å². The zero-order chi connectivity index (χ0) is 24.7. The molecule has 34 heavy (non-hydrogen) atoms. The summed E-state index contributed by atoms with van der Waals surface area (Å²) in [5.41, 5.74) is 1.49. The van der Waals surface area contributed by atoms with Gasteiger partial charge < -0.3 is 14.8 Å². The second-order valence-corrected chi connectivity index (χ2v) is 7.86. The molecule has 0 amide bonds. The molecule has 2 aromatic carbocycles. The van der Waals surface area contributed by atoms with Crippen LogP contribution in [0.3, 0.4) is 0 Å². The predicted octanol–water partition coefficient (Wildman–Crippen LogP) is 5.32. The van der Waals surface area contributed by atoms with Crippen LogP contribution in [0, 0.1) is 10.1 Å². The Labute approximate surface area is 196 Å². The molecule has 9 heteroatoms. The smallest absolute Gasteiger partial charge is 0.387 e. The van der Waals surface area contributed by atoms with Gasteiger partial charge in [0.1, 0.15) is 11.7 Å². The molecule has 0 spiro atoms. The number of nitrogens with one attached hydrogen (secondary N) is 1. The first-order valence-electron chi connectivity index (χ1n) is 10.9. The molecule has 0 radical (unpaired) electrons. The Morgan fingerprint density at radius 2 is 1.74 bits per heavy atom. The summed E-state index contributed by atoms with van der Waals surface area (Å²) in [6.07, 6.45) is 2.23. The fourth-order valence-electron chi connectivity index (χ4n) is 4.04. The van der Waals surface area contributed by atoms with Crippen molar-refractivity contribution in [1.29, 1.82) is 0 Å². The summed E-state index contributed by atoms with van der Waals surface area (Å²) in [6, 6.07) is 15.6. The maximum absolute atomic E-state index is 13.1. The van der Waals surface area contributed by atoms with Gasteiger partial charge in [0.15, 0.2) is 0 Å². The van der Waals surface area contributed by atoms with Gasteiger partial charge in [-0.1, -0.05) is 48.5 Å². The van der Waals surface area contributed by atoms with E-state index in [1.54, 1.807) is 13.0 Å². The molecule has 1 heterocycles. The van der Waals surface area contributed by atoms with Crippen molar-refractivity contribution in [3.05, 3.63) is 98.5 Å². The van der Waals surface area contributed by atoms with Crippen molar-refractivity contribution < 1.29 is 28.0 Å². The molecule has 7 nitrogen and oxygen atoms in total. The van der Waals surface area contributed by atoms with Gasteiger partial charge >= 0.3 is 12.6 Å². The van der Waals surface area contributed by atoms with Gasteiger partial charge in [-0.3, -0.25) is 10.1 Å². The first kappa shape index (κ1) is 24.9. The van der Waals surface area contributed by atoms with Crippen molar-refractivity contribution in [1.82, 2.24) is 5.32 Å². The van der Waals surface area contributed by atoms with E-state index in [-0.39, 0.29) is 34.9 Å². The molecule has 0 aliphatic carbocycles. The quantitative estimate of drug-likeness (QED) is 0.218. The van der Waals surface area contributed by atoms with Gasteiger partial charge in [0.25, 0.3) is 5.70 Å². The SMILES string of the molecule is CC1=C(C(=O)OCCCCc2ccccc2)C(c2ccccc2OC(F)F)C([N+](=O)[O-])=C(C)N1. The van der Waals surface area contributed by atoms with Crippen LogP contribution < -0.4 is 10.1 Å². The summed E-state index contributed by atoms with van der Waals surface area (Å²) in [7, 11) is 0. The first-order valence-corrected chi connectivity index (χ1v) is 10.9. The van der Waals surface area contributed by atoms with E-state index in [0.29, 0.717) is 12.1 Å². The highest BCUT2D eigenvalue weighted by molar-refractivity contribution is 5.92. The van der Waals surface area contributed by atoms with E-state index in [1.165, 1.54) is 30.7 Å². The van der Waals surface area contributed by atoms with Gasteiger partial charge in [0.05, 0.1) is 22.8 Å². The van der Waals surface area contributed by atoms with Crippen molar-refractivity contribution in [2.24, 2.45) is 0 Å². The van der Waals surface area contributed by atoms with Gasteiger partial charge in [0.2, 0.25) is 0 Å². The van der Waals surface area contributed by atoms with Crippen molar-refractivity contribution in [2.45, 2.75) is 45.6 Å². The monoisotopic (exact) mass is 472 g/mol. The average molecular weight is 472 g/mol. The summed E-state index contributed by atoms with van der Waals surface area (Å²) in [5.74, 6) is -2.21. The number of dihydropyridines is 1. The topological polar surface area (TPSA) is 90.7 Å². The Kier molecular flexibility index (Phi) is 8.34. The molecule has 0 saturated heterocycles. The molecule has 0 saturated carbocycles. The van der Waals surface area contributed by atoms with E-state index in [2.05, 4.69) is 10.1 Å². The molecule has 3 rings (SSSR count). The molecular formula is C25H26F2N2O5. The highest BCUT2D eigenvalue weighted by Crippen LogP contribution is 2.42. The molecule has 0 bridgehead atoms. The van der Waals surface area contributed by atoms with Crippen LogP contribution in [0.4, 0.5) is 8.78 Å². The molecule has 1 N–H and O–H groups in total. The lowest BCUT2D eigenvalue weighted by Crippen LogP contribution is -2.32. The third-order valence-electron chi connectivity index (χ3n) is 5.52. The summed E-state index contributed by atoms with van der Waals surface area (Å²) in [6.45, 7) is 0.0881.